The Morgan fingerprint density at radius 3 is 2.75 bits per heavy atom. The molecule has 5 heteroatoms. The molecular weight excluding hydrogens is 259 g/mol. The van der Waals surface area contributed by atoms with Crippen LogP contribution < -0.4 is 0 Å². The number of hydrogen-bond donors (Lipinski definition) is 2. The zero-order valence-electron chi connectivity index (χ0n) is 11.2. The molecular formula is C15H17FN2O2. The second-order valence-electron chi connectivity index (χ2n) is 5.64. The molecule has 0 aliphatic heterocycles. The maximum Gasteiger partial charge on any atom is 0.310 e. The second kappa shape index (κ2) is 4.89. The van der Waals surface area contributed by atoms with Gasteiger partial charge in [0.15, 0.2) is 5.82 Å². The molecule has 0 unspecified atom stereocenters. The van der Waals surface area contributed by atoms with E-state index in [1.165, 1.54) is 6.07 Å². The van der Waals surface area contributed by atoms with Gasteiger partial charge in [0.1, 0.15) is 11.3 Å². The standard InChI is InChI=1S/C15H17FN2O2/c16-10-5-4-6-11-13(10)18-12(17-11)9-15(14(19)20)7-2-1-3-8-15/h4-6H,1-3,7-9H2,(H,17,18)(H,19,20). The molecule has 0 saturated heterocycles. The highest BCUT2D eigenvalue weighted by Crippen LogP contribution is 2.39. The van der Waals surface area contributed by atoms with Gasteiger partial charge in [0.2, 0.25) is 0 Å². The molecule has 1 heterocycles. The first-order valence-corrected chi connectivity index (χ1v) is 6.97. The van der Waals surface area contributed by atoms with Gasteiger partial charge >= 0.3 is 5.97 Å². The second-order valence-corrected chi connectivity index (χ2v) is 5.64. The number of aliphatic carboxylic acids is 1. The predicted molar refractivity (Wildman–Crippen MR) is 72.9 cm³/mol. The fourth-order valence-electron chi connectivity index (χ4n) is 3.15. The number of aromatic nitrogens is 2. The average molecular weight is 276 g/mol. The summed E-state index contributed by atoms with van der Waals surface area (Å²) in [5.41, 5.74) is 0.165. The van der Waals surface area contributed by atoms with Crippen LogP contribution in [0.2, 0.25) is 0 Å². The molecule has 1 fully saturated rings. The minimum absolute atomic E-state index is 0.291. The highest BCUT2D eigenvalue weighted by Gasteiger charge is 2.40. The highest BCUT2D eigenvalue weighted by atomic mass is 19.1. The van der Waals surface area contributed by atoms with Crippen molar-refractivity contribution in [3.05, 3.63) is 29.8 Å². The molecule has 1 aliphatic carbocycles. The van der Waals surface area contributed by atoms with E-state index >= 15 is 0 Å². The molecule has 2 N–H and O–H groups in total. The minimum Gasteiger partial charge on any atom is -0.481 e. The number of carbonyl (C=O) groups is 1. The molecule has 0 spiro atoms. The number of H-pyrrole nitrogens is 1. The van der Waals surface area contributed by atoms with Crippen molar-refractivity contribution in [2.24, 2.45) is 5.41 Å². The number of para-hydroxylation sites is 1. The summed E-state index contributed by atoms with van der Waals surface area (Å²) in [4.78, 5) is 18.9. The third-order valence-corrected chi connectivity index (χ3v) is 4.28. The van der Waals surface area contributed by atoms with E-state index < -0.39 is 11.4 Å². The molecule has 1 aromatic carbocycles. The summed E-state index contributed by atoms with van der Waals surface area (Å²) in [6.45, 7) is 0. The van der Waals surface area contributed by atoms with Crippen LogP contribution in [-0.4, -0.2) is 21.0 Å². The van der Waals surface area contributed by atoms with E-state index in [2.05, 4.69) is 9.97 Å². The van der Waals surface area contributed by atoms with Gasteiger partial charge in [-0.1, -0.05) is 25.3 Å². The molecule has 0 amide bonds. The van der Waals surface area contributed by atoms with E-state index in [-0.39, 0.29) is 5.82 Å². The Morgan fingerprint density at radius 2 is 2.10 bits per heavy atom. The topological polar surface area (TPSA) is 66.0 Å². The van der Waals surface area contributed by atoms with Crippen LogP contribution in [0.4, 0.5) is 4.39 Å². The van der Waals surface area contributed by atoms with Crippen molar-refractivity contribution in [1.29, 1.82) is 0 Å². The quantitative estimate of drug-likeness (QED) is 0.904. The van der Waals surface area contributed by atoms with Crippen LogP contribution in [0.1, 0.15) is 37.9 Å². The first-order chi connectivity index (χ1) is 9.61. The molecule has 1 saturated carbocycles. The van der Waals surface area contributed by atoms with E-state index in [0.717, 1.165) is 19.3 Å². The Morgan fingerprint density at radius 1 is 1.35 bits per heavy atom. The normalized spacial score (nSPS) is 18.2. The Bertz CT molecular complexity index is 644. The van der Waals surface area contributed by atoms with Crippen LogP contribution in [0.15, 0.2) is 18.2 Å². The SMILES string of the molecule is O=C(O)C1(Cc2nc3c(F)cccc3[nH]2)CCCCC1. The van der Waals surface area contributed by atoms with Gasteiger partial charge in [-0.2, -0.15) is 0 Å². The molecule has 2 aromatic rings. The number of benzene rings is 1. The van der Waals surface area contributed by atoms with E-state index in [0.29, 0.717) is 36.1 Å². The maximum absolute atomic E-state index is 13.6. The largest absolute Gasteiger partial charge is 0.481 e. The number of aromatic amines is 1. The van der Waals surface area contributed by atoms with Crippen LogP contribution >= 0.6 is 0 Å². The number of carboxylic acid groups (broad SMARTS) is 1. The Kier molecular flexibility index (Phi) is 3.20. The maximum atomic E-state index is 13.6. The zero-order chi connectivity index (χ0) is 14.2. The van der Waals surface area contributed by atoms with E-state index in [9.17, 15) is 14.3 Å². The van der Waals surface area contributed by atoms with Gasteiger partial charge in [-0.15, -0.1) is 0 Å². The Labute approximate surface area is 116 Å². The molecule has 4 nitrogen and oxygen atoms in total. The number of carboxylic acids is 1. The number of rotatable bonds is 3. The van der Waals surface area contributed by atoms with Gasteiger partial charge in [0.05, 0.1) is 10.9 Å². The van der Waals surface area contributed by atoms with Crippen molar-refractivity contribution in [1.82, 2.24) is 9.97 Å². The summed E-state index contributed by atoms with van der Waals surface area (Å²) in [6.07, 6.45) is 4.63. The van der Waals surface area contributed by atoms with Gasteiger partial charge in [-0.25, -0.2) is 9.37 Å². The van der Waals surface area contributed by atoms with Gasteiger partial charge in [0.25, 0.3) is 0 Å². The van der Waals surface area contributed by atoms with Crippen molar-refractivity contribution in [2.45, 2.75) is 38.5 Å². The number of nitrogens with one attached hydrogen (secondary N) is 1. The molecule has 0 radical (unpaired) electrons. The summed E-state index contributed by atoms with van der Waals surface area (Å²) in [5.74, 6) is -0.578. The number of imidazole rings is 1. The minimum atomic E-state index is -0.766. The average Bonchev–Trinajstić information content (AvgIpc) is 2.83. The third kappa shape index (κ3) is 2.17. The first-order valence-electron chi connectivity index (χ1n) is 6.97. The van der Waals surface area contributed by atoms with Gasteiger partial charge in [-0.05, 0) is 25.0 Å². The van der Waals surface area contributed by atoms with Crippen LogP contribution in [0, 0.1) is 11.2 Å². The van der Waals surface area contributed by atoms with Crippen molar-refractivity contribution < 1.29 is 14.3 Å². The fraction of sp³-hybridized carbons (Fsp3) is 0.467. The number of halogens is 1. The van der Waals surface area contributed by atoms with E-state index in [1.807, 2.05) is 0 Å². The lowest BCUT2D eigenvalue weighted by Crippen LogP contribution is -2.35. The lowest BCUT2D eigenvalue weighted by Gasteiger charge is -2.32. The monoisotopic (exact) mass is 276 g/mol. The van der Waals surface area contributed by atoms with Crippen LogP contribution in [0.5, 0.6) is 0 Å². The van der Waals surface area contributed by atoms with E-state index in [4.69, 9.17) is 0 Å². The van der Waals surface area contributed by atoms with Crippen molar-refractivity contribution in [2.75, 3.05) is 0 Å². The Hall–Kier alpha value is -1.91. The molecule has 20 heavy (non-hydrogen) atoms. The molecule has 3 rings (SSSR count). The zero-order valence-corrected chi connectivity index (χ0v) is 11.2. The van der Waals surface area contributed by atoms with Crippen molar-refractivity contribution >= 4 is 17.0 Å². The van der Waals surface area contributed by atoms with Crippen LogP contribution in [-0.2, 0) is 11.2 Å². The highest BCUT2D eigenvalue weighted by molar-refractivity contribution is 5.77. The van der Waals surface area contributed by atoms with Crippen molar-refractivity contribution in [3.8, 4) is 0 Å². The summed E-state index contributed by atoms with van der Waals surface area (Å²) in [7, 11) is 0. The summed E-state index contributed by atoms with van der Waals surface area (Å²) < 4.78 is 13.6. The van der Waals surface area contributed by atoms with Crippen molar-refractivity contribution in [3.63, 3.8) is 0 Å². The summed E-state index contributed by atoms with van der Waals surface area (Å²) in [6, 6.07) is 4.73. The van der Waals surface area contributed by atoms with Gasteiger partial charge in [0, 0.05) is 6.42 Å². The molecule has 106 valence electrons. The molecule has 1 aromatic heterocycles. The lowest BCUT2D eigenvalue weighted by molar-refractivity contribution is -0.151. The number of fused-ring (bicyclic) bond motifs is 1. The first kappa shape index (κ1) is 13.1. The number of nitrogens with zero attached hydrogens (tertiary/aromatic N) is 1. The molecule has 0 atom stereocenters. The van der Waals surface area contributed by atoms with E-state index in [1.54, 1.807) is 12.1 Å². The summed E-state index contributed by atoms with van der Waals surface area (Å²) >= 11 is 0. The smallest absolute Gasteiger partial charge is 0.310 e. The van der Waals surface area contributed by atoms with Gasteiger partial charge < -0.3 is 10.1 Å². The lowest BCUT2D eigenvalue weighted by atomic mass is 9.72. The van der Waals surface area contributed by atoms with Gasteiger partial charge in [-0.3, -0.25) is 4.79 Å². The molecule has 1 aliphatic rings. The predicted octanol–water partition coefficient (Wildman–Crippen LogP) is 3.28. The fourth-order valence-corrected chi connectivity index (χ4v) is 3.15. The van der Waals surface area contributed by atoms with Crippen LogP contribution in [0.25, 0.3) is 11.0 Å². The number of hydrogen-bond acceptors (Lipinski definition) is 2. The summed E-state index contributed by atoms with van der Waals surface area (Å²) in [5, 5.41) is 9.56. The van der Waals surface area contributed by atoms with Crippen LogP contribution in [0.3, 0.4) is 0 Å². The third-order valence-electron chi connectivity index (χ3n) is 4.28. The Balaban J connectivity index is 1.94. The molecule has 0 bridgehead atoms.